The first kappa shape index (κ1) is 15.3. The largest absolute Gasteiger partial charge is 0.282 e. The zero-order chi connectivity index (χ0) is 14.8. The molecule has 0 aliphatic heterocycles. The predicted octanol–water partition coefficient (Wildman–Crippen LogP) is 2.77. The van der Waals surface area contributed by atoms with E-state index in [2.05, 4.69) is 6.58 Å². The van der Waals surface area contributed by atoms with Crippen molar-refractivity contribution < 1.29 is 16.8 Å². The molecule has 4 nitrogen and oxygen atoms in total. The minimum Gasteiger partial charge on any atom is -0.212 e. The Bertz CT molecular complexity index is 679. The molecule has 0 unspecified atom stereocenters. The maximum absolute atomic E-state index is 12.4. The molecule has 1 fully saturated rings. The van der Waals surface area contributed by atoms with Crippen molar-refractivity contribution >= 4 is 23.8 Å². The third-order valence-electron chi connectivity index (χ3n) is 3.67. The van der Waals surface area contributed by atoms with E-state index < -0.39 is 23.0 Å². The summed E-state index contributed by atoms with van der Waals surface area (Å²) in [5, 5.41) is -0.764. The fourth-order valence-corrected chi connectivity index (χ4v) is 7.23. The first-order valence-corrected chi connectivity index (χ1v) is 10.2. The second-order valence-corrected chi connectivity index (χ2v) is 10.7. The average molecular weight is 314 g/mol. The third kappa shape index (κ3) is 2.67. The van der Waals surface area contributed by atoms with E-state index >= 15 is 0 Å². The van der Waals surface area contributed by atoms with Crippen molar-refractivity contribution in [2.45, 2.75) is 42.2 Å². The van der Waals surface area contributed by atoms with Gasteiger partial charge >= 0.3 is 0 Å². The fraction of sp³-hybridized carbons (Fsp3) is 0.429. The highest BCUT2D eigenvalue weighted by Crippen LogP contribution is 2.30. The van der Waals surface area contributed by atoms with E-state index in [1.807, 2.05) is 0 Å². The van der Waals surface area contributed by atoms with Gasteiger partial charge in [0.2, 0.25) is 0 Å². The van der Waals surface area contributed by atoms with Gasteiger partial charge in [-0.2, -0.15) is 0 Å². The summed E-state index contributed by atoms with van der Waals surface area (Å²) < 4.78 is 49.4. The maximum Gasteiger partial charge on any atom is 0.282 e. The van der Waals surface area contributed by atoms with Crippen LogP contribution in [0.25, 0.3) is 6.08 Å². The Morgan fingerprint density at radius 3 is 2.00 bits per heavy atom. The van der Waals surface area contributed by atoms with Crippen LogP contribution in [-0.2, 0) is 17.7 Å². The van der Waals surface area contributed by atoms with Gasteiger partial charge in [0.15, 0.2) is 0 Å². The van der Waals surface area contributed by atoms with E-state index in [0.717, 1.165) is 24.8 Å². The molecule has 0 aromatic heterocycles. The van der Waals surface area contributed by atoms with Crippen LogP contribution in [-0.4, -0.2) is 22.1 Å². The lowest BCUT2D eigenvalue weighted by Gasteiger charge is -2.21. The summed E-state index contributed by atoms with van der Waals surface area (Å²) in [6, 6.07) is 5.76. The molecule has 1 saturated carbocycles. The summed E-state index contributed by atoms with van der Waals surface area (Å²) in [5.41, 5.74) is 0.749. The molecule has 110 valence electrons. The maximum atomic E-state index is 12.4. The van der Waals surface area contributed by atoms with Crippen molar-refractivity contribution in [2.75, 3.05) is 0 Å². The number of rotatable bonds is 4. The van der Waals surface area contributed by atoms with Crippen molar-refractivity contribution in [3.63, 3.8) is 0 Å². The lowest BCUT2D eigenvalue weighted by molar-refractivity contribution is 0.487. The van der Waals surface area contributed by atoms with Gasteiger partial charge in [-0.3, -0.25) is 0 Å². The molecule has 0 spiro atoms. The molecular weight excluding hydrogens is 296 g/mol. The quantitative estimate of drug-likeness (QED) is 0.801. The van der Waals surface area contributed by atoms with Crippen LogP contribution in [0.2, 0.25) is 0 Å². The normalized spacial score (nSPS) is 17.8. The van der Waals surface area contributed by atoms with Crippen LogP contribution < -0.4 is 0 Å². The van der Waals surface area contributed by atoms with E-state index in [-0.39, 0.29) is 4.90 Å². The second kappa shape index (κ2) is 5.69. The summed E-state index contributed by atoms with van der Waals surface area (Å²) >= 11 is 0. The topological polar surface area (TPSA) is 68.3 Å². The van der Waals surface area contributed by atoms with Crippen LogP contribution in [0.3, 0.4) is 0 Å². The number of hydrogen-bond donors (Lipinski definition) is 0. The second-order valence-electron chi connectivity index (χ2n) is 4.98. The van der Waals surface area contributed by atoms with Crippen molar-refractivity contribution in [3.05, 3.63) is 36.4 Å². The fourth-order valence-electron chi connectivity index (χ4n) is 2.44. The Labute approximate surface area is 119 Å². The van der Waals surface area contributed by atoms with Gasteiger partial charge in [0, 0.05) is 0 Å². The molecule has 0 heterocycles. The molecule has 0 amide bonds. The highest BCUT2D eigenvalue weighted by Gasteiger charge is 2.39. The highest BCUT2D eigenvalue weighted by atomic mass is 33.2. The summed E-state index contributed by atoms with van der Waals surface area (Å²) in [5.74, 6) is 0. The smallest absolute Gasteiger partial charge is 0.212 e. The van der Waals surface area contributed by atoms with Crippen molar-refractivity contribution in [3.8, 4) is 0 Å². The van der Waals surface area contributed by atoms with Gasteiger partial charge in [-0.25, -0.2) is 16.8 Å². The monoisotopic (exact) mass is 314 g/mol. The van der Waals surface area contributed by atoms with Crippen LogP contribution in [0.4, 0.5) is 0 Å². The molecule has 0 N–H and O–H groups in total. The SMILES string of the molecule is C=Cc1ccc(S(=O)(=O)S(=O)(=O)C2CCCCC2)cc1. The van der Waals surface area contributed by atoms with Crippen LogP contribution in [0.15, 0.2) is 35.7 Å². The molecule has 0 atom stereocenters. The summed E-state index contributed by atoms with van der Waals surface area (Å²) in [6.07, 6.45) is 4.97. The van der Waals surface area contributed by atoms with Crippen molar-refractivity contribution in [2.24, 2.45) is 0 Å². The van der Waals surface area contributed by atoms with Gasteiger partial charge in [0.05, 0.1) is 10.1 Å². The lowest BCUT2D eigenvalue weighted by Crippen LogP contribution is -2.30. The van der Waals surface area contributed by atoms with Crippen molar-refractivity contribution in [1.82, 2.24) is 0 Å². The van der Waals surface area contributed by atoms with E-state index in [1.165, 1.54) is 12.1 Å². The molecular formula is C14H18O4S2. The van der Waals surface area contributed by atoms with Crippen LogP contribution in [0, 0.1) is 0 Å². The minimum atomic E-state index is -4.33. The lowest BCUT2D eigenvalue weighted by atomic mass is 10.0. The molecule has 0 bridgehead atoms. The molecule has 20 heavy (non-hydrogen) atoms. The standard InChI is InChI=1S/C14H18O4S2/c1-2-12-8-10-14(11-9-12)20(17,18)19(15,16)13-6-4-3-5-7-13/h2,8-11,13H,1,3-7H2. The van der Waals surface area contributed by atoms with E-state index in [4.69, 9.17) is 0 Å². The Morgan fingerprint density at radius 2 is 1.50 bits per heavy atom. The van der Waals surface area contributed by atoms with Crippen LogP contribution >= 0.6 is 0 Å². The molecule has 1 aromatic carbocycles. The average Bonchev–Trinajstić information content (AvgIpc) is 2.48. The first-order chi connectivity index (χ1) is 9.39. The zero-order valence-corrected chi connectivity index (χ0v) is 12.8. The molecule has 0 saturated heterocycles. The summed E-state index contributed by atoms with van der Waals surface area (Å²) in [7, 11) is -8.51. The van der Waals surface area contributed by atoms with E-state index in [0.29, 0.717) is 12.8 Å². The minimum absolute atomic E-state index is 0.159. The molecule has 1 aliphatic rings. The molecule has 1 aliphatic carbocycles. The van der Waals surface area contributed by atoms with Gasteiger partial charge in [-0.05, 0) is 30.5 Å². The molecule has 2 rings (SSSR count). The highest BCUT2D eigenvalue weighted by molar-refractivity contribution is 8.67. The Hall–Kier alpha value is -1.14. The Kier molecular flexibility index (Phi) is 4.34. The van der Waals surface area contributed by atoms with Crippen LogP contribution in [0.5, 0.6) is 0 Å². The Balaban J connectivity index is 2.39. The first-order valence-electron chi connectivity index (χ1n) is 6.61. The van der Waals surface area contributed by atoms with Crippen molar-refractivity contribution in [1.29, 1.82) is 0 Å². The van der Waals surface area contributed by atoms with Crippen LogP contribution in [0.1, 0.15) is 37.7 Å². The zero-order valence-electron chi connectivity index (χ0n) is 11.2. The summed E-state index contributed by atoms with van der Waals surface area (Å²) in [6.45, 7) is 3.58. The molecule has 6 heteroatoms. The summed E-state index contributed by atoms with van der Waals surface area (Å²) in [4.78, 5) is -0.159. The van der Waals surface area contributed by atoms with Gasteiger partial charge in [-0.1, -0.05) is 44.1 Å². The number of hydrogen-bond acceptors (Lipinski definition) is 4. The Morgan fingerprint density at radius 1 is 0.950 bits per heavy atom. The predicted molar refractivity (Wildman–Crippen MR) is 79.5 cm³/mol. The van der Waals surface area contributed by atoms with E-state index in [1.54, 1.807) is 18.2 Å². The van der Waals surface area contributed by atoms with Gasteiger partial charge in [0.1, 0.15) is 0 Å². The van der Waals surface area contributed by atoms with Gasteiger partial charge < -0.3 is 0 Å². The van der Waals surface area contributed by atoms with Gasteiger partial charge in [-0.15, -0.1) is 0 Å². The molecule has 0 radical (unpaired) electrons. The van der Waals surface area contributed by atoms with Gasteiger partial charge in [0.25, 0.3) is 17.7 Å². The molecule has 1 aromatic rings. The number of benzene rings is 1. The van der Waals surface area contributed by atoms with E-state index in [9.17, 15) is 16.8 Å². The third-order valence-corrected chi connectivity index (χ3v) is 9.65.